The summed E-state index contributed by atoms with van der Waals surface area (Å²) >= 11 is 2.01. The highest BCUT2D eigenvalue weighted by molar-refractivity contribution is 14.1. The minimum Gasteiger partial charge on any atom is -0.367 e. The van der Waals surface area contributed by atoms with Crippen molar-refractivity contribution >= 4 is 28.4 Å². The molecule has 5 heteroatoms. The fraction of sp³-hybridized carbons (Fsp3) is 0.286. The molecule has 2 aromatic rings. The molecular formula is C14H16IN3O. The number of nitrogens with one attached hydrogen (secondary N) is 2. The molecule has 4 nitrogen and oxygen atoms in total. The van der Waals surface area contributed by atoms with Gasteiger partial charge in [0.25, 0.3) is 5.56 Å². The molecule has 0 aliphatic carbocycles. The Morgan fingerprint density at radius 3 is 2.84 bits per heavy atom. The molecule has 0 aliphatic heterocycles. The van der Waals surface area contributed by atoms with Crippen LogP contribution in [0.15, 0.2) is 41.5 Å². The highest BCUT2D eigenvalue weighted by Gasteiger charge is 2.08. The van der Waals surface area contributed by atoms with Gasteiger partial charge < -0.3 is 10.3 Å². The Morgan fingerprint density at radius 1 is 1.37 bits per heavy atom. The van der Waals surface area contributed by atoms with Gasteiger partial charge >= 0.3 is 0 Å². The van der Waals surface area contributed by atoms with E-state index in [4.69, 9.17) is 0 Å². The van der Waals surface area contributed by atoms with Gasteiger partial charge in [-0.05, 0) is 47.9 Å². The first-order valence-electron chi connectivity index (χ1n) is 6.20. The molecule has 2 rings (SSSR count). The van der Waals surface area contributed by atoms with Crippen molar-refractivity contribution in [1.82, 2.24) is 9.97 Å². The van der Waals surface area contributed by atoms with Crippen molar-refractivity contribution in [2.24, 2.45) is 0 Å². The Balaban J connectivity index is 1.93. The van der Waals surface area contributed by atoms with Gasteiger partial charge in [-0.25, -0.2) is 4.98 Å². The van der Waals surface area contributed by atoms with Crippen LogP contribution in [0.3, 0.4) is 0 Å². The zero-order chi connectivity index (χ0) is 13.7. The summed E-state index contributed by atoms with van der Waals surface area (Å²) < 4.78 is 0.603. The molecule has 0 amide bonds. The number of aromatic nitrogens is 2. The Bertz CT molecular complexity index is 583. The van der Waals surface area contributed by atoms with E-state index >= 15 is 0 Å². The number of halogens is 1. The van der Waals surface area contributed by atoms with Gasteiger partial charge in [-0.2, -0.15) is 0 Å². The summed E-state index contributed by atoms with van der Waals surface area (Å²) in [7, 11) is 0. The van der Waals surface area contributed by atoms with Gasteiger partial charge in [-0.1, -0.05) is 30.3 Å². The first kappa shape index (κ1) is 14.0. The maximum atomic E-state index is 11.5. The molecule has 0 radical (unpaired) electrons. The van der Waals surface area contributed by atoms with Crippen LogP contribution in [0.5, 0.6) is 0 Å². The van der Waals surface area contributed by atoms with E-state index in [0.717, 1.165) is 12.8 Å². The van der Waals surface area contributed by atoms with E-state index in [0.29, 0.717) is 9.39 Å². The van der Waals surface area contributed by atoms with E-state index < -0.39 is 0 Å². The molecule has 1 aromatic carbocycles. The number of benzene rings is 1. The van der Waals surface area contributed by atoms with E-state index in [-0.39, 0.29) is 11.6 Å². The standard InChI is InChI=1S/C14H16IN3O/c1-10(7-8-11-5-3-2-4-6-11)18-13-12(15)14(19)17-9-16-13/h2-6,9-10H,7-8H2,1H3,(H2,16,17,18,19). The Labute approximate surface area is 125 Å². The minimum atomic E-state index is -0.103. The molecule has 0 spiro atoms. The predicted molar refractivity (Wildman–Crippen MR) is 85.4 cm³/mol. The van der Waals surface area contributed by atoms with Crippen LogP contribution in [0.2, 0.25) is 0 Å². The van der Waals surface area contributed by atoms with Crippen molar-refractivity contribution in [2.75, 3.05) is 5.32 Å². The summed E-state index contributed by atoms with van der Waals surface area (Å²) in [5.74, 6) is 0.657. The van der Waals surface area contributed by atoms with Crippen LogP contribution in [0, 0.1) is 3.57 Å². The van der Waals surface area contributed by atoms with Gasteiger partial charge in [0.1, 0.15) is 9.39 Å². The summed E-state index contributed by atoms with van der Waals surface area (Å²) in [4.78, 5) is 18.2. The number of aromatic amines is 1. The number of hydrogen-bond acceptors (Lipinski definition) is 3. The molecule has 0 saturated heterocycles. The lowest BCUT2D eigenvalue weighted by Crippen LogP contribution is -2.21. The first-order valence-corrected chi connectivity index (χ1v) is 7.28. The number of anilines is 1. The lowest BCUT2D eigenvalue weighted by atomic mass is 10.1. The second kappa shape index (κ2) is 6.70. The van der Waals surface area contributed by atoms with Gasteiger partial charge in [0.15, 0.2) is 0 Å². The third kappa shape index (κ3) is 4.05. The van der Waals surface area contributed by atoms with Gasteiger partial charge in [-0.3, -0.25) is 4.79 Å². The molecular weight excluding hydrogens is 353 g/mol. The van der Waals surface area contributed by atoms with E-state index in [1.54, 1.807) is 0 Å². The van der Waals surface area contributed by atoms with E-state index in [2.05, 4.69) is 46.5 Å². The number of aryl methyl sites for hydroxylation is 1. The van der Waals surface area contributed by atoms with Gasteiger partial charge in [0, 0.05) is 6.04 Å². The summed E-state index contributed by atoms with van der Waals surface area (Å²) in [5.41, 5.74) is 1.22. The molecule has 0 fully saturated rings. The summed E-state index contributed by atoms with van der Waals surface area (Å²) in [6, 6.07) is 10.6. The molecule has 0 saturated carbocycles. The fourth-order valence-electron chi connectivity index (χ4n) is 1.82. The molecule has 1 heterocycles. The van der Waals surface area contributed by atoms with Crippen molar-refractivity contribution in [1.29, 1.82) is 0 Å². The van der Waals surface area contributed by atoms with Crippen LogP contribution in [0.4, 0.5) is 5.82 Å². The van der Waals surface area contributed by atoms with Crippen LogP contribution in [0.25, 0.3) is 0 Å². The molecule has 100 valence electrons. The average molecular weight is 369 g/mol. The fourth-order valence-corrected chi connectivity index (χ4v) is 2.27. The smallest absolute Gasteiger partial charge is 0.266 e. The highest BCUT2D eigenvalue weighted by Crippen LogP contribution is 2.13. The molecule has 0 aliphatic rings. The van der Waals surface area contributed by atoms with Crippen LogP contribution in [-0.4, -0.2) is 16.0 Å². The molecule has 1 unspecified atom stereocenters. The lowest BCUT2D eigenvalue weighted by Gasteiger charge is -2.15. The Morgan fingerprint density at radius 2 is 2.11 bits per heavy atom. The van der Waals surface area contributed by atoms with Gasteiger partial charge in [0.05, 0.1) is 6.33 Å². The quantitative estimate of drug-likeness (QED) is 0.797. The van der Waals surface area contributed by atoms with E-state index in [9.17, 15) is 4.79 Å². The third-order valence-electron chi connectivity index (χ3n) is 2.89. The zero-order valence-corrected chi connectivity index (χ0v) is 12.8. The third-order valence-corrected chi connectivity index (χ3v) is 3.89. The normalized spacial score (nSPS) is 12.1. The summed E-state index contributed by atoms with van der Waals surface area (Å²) in [6.45, 7) is 2.10. The monoisotopic (exact) mass is 369 g/mol. The van der Waals surface area contributed by atoms with Crippen LogP contribution in [0.1, 0.15) is 18.9 Å². The highest BCUT2D eigenvalue weighted by atomic mass is 127. The topological polar surface area (TPSA) is 57.8 Å². The predicted octanol–water partition coefficient (Wildman–Crippen LogP) is 2.81. The second-order valence-corrected chi connectivity index (χ2v) is 5.54. The van der Waals surface area contributed by atoms with Gasteiger partial charge in [-0.15, -0.1) is 0 Å². The lowest BCUT2D eigenvalue weighted by molar-refractivity contribution is 0.701. The maximum absolute atomic E-state index is 11.5. The summed E-state index contributed by atoms with van der Waals surface area (Å²) in [6.07, 6.45) is 3.43. The second-order valence-electron chi connectivity index (χ2n) is 4.46. The van der Waals surface area contributed by atoms with Crippen LogP contribution < -0.4 is 10.9 Å². The molecule has 0 bridgehead atoms. The number of nitrogens with zero attached hydrogens (tertiary/aromatic N) is 1. The Kier molecular flexibility index (Phi) is 4.95. The average Bonchev–Trinajstić information content (AvgIpc) is 2.43. The molecule has 1 aromatic heterocycles. The van der Waals surface area contributed by atoms with E-state index in [1.165, 1.54) is 11.9 Å². The number of hydrogen-bond donors (Lipinski definition) is 2. The number of H-pyrrole nitrogens is 1. The van der Waals surface area contributed by atoms with Crippen molar-refractivity contribution < 1.29 is 0 Å². The summed E-state index contributed by atoms with van der Waals surface area (Å²) in [5, 5.41) is 3.28. The zero-order valence-electron chi connectivity index (χ0n) is 10.7. The van der Waals surface area contributed by atoms with Crippen LogP contribution in [-0.2, 0) is 6.42 Å². The number of rotatable bonds is 5. The Hall–Kier alpha value is -1.37. The van der Waals surface area contributed by atoms with Crippen molar-refractivity contribution in [2.45, 2.75) is 25.8 Å². The largest absolute Gasteiger partial charge is 0.367 e. The van der Waals surface area contributed by atoms with Crippen molar-refractivity contribution in [3.05, 3.63) is 56.1 Å². The first-order chi connectivity index (χ1) is 9.16. The molecule has 1 atom stereocenters. The van der Waals surface area contributed by atoms with Crippen LogP contribution >= 0.6 is 22.6 Å². The van der Waals surface area contributed by atoms with Crippen molar-refractivity contribution in [3.63, 3.8) is 0 Å². The maximum Gasteiger partial charge on any atom is 0.266 e. The van der Waals surface area contributed by atoms with E-state index in [1.807, 2.05) is 28.7 Å². The minimum absolute atomic E-state index is 0.103. The van der Waals surface area contributed by atoms with Gasteiger partial charge in [0.2, 0.25) is 0 Å². The molecule has 2 N–H and O–H groups in total. The molecule has 19 heavy (non-hydrogen) atoms. The SMILES string of the molecule is CC(CCc1ccccc1)Nc1nc[nH]c(=O)c1I. The van der Waals surface area contributed by atoms with Crippen molar-refractivity contribution in [3.8, 4) is 0 Å².